The molecule has 0 aliphatic carbocycles. The van der Waals surface area contributed by atoms with E-state index in [1.165, 1.54) is 46.2 Å². The summed E-state index contributed by atoms with van der Waals surface area (Å²) in [4.78, 5) is 25.4. The second-order valence-corrected chi connectivity index (χ2v) is 12.6. The molecule has 2 aromatic heterocycles. The molecular weight excluding hydrogens is 597 g/mol. The van der Waals surface area contributed by atoms with E-state index >= 15 is 0 Å². The highest BCUT2D eigenvalue weighted by molar-refractivity contribution is 8.00. The highest BCUT2D eigenvalue weighted by Crippen LogP contribution is 2.35. The number of hydrogen-bond acceptors (Lipinski definition) is 9. The number of nitrogen functional groups attached to an aromatic ring is 2. The maximum atomic E-state index is 12.2. The molecule has 0 aliphatic heterocycles. The van der Waals surface area contributed by atoms with Crippen molar-refractivity contribution in [2.45, 2.75) is 15.3 Å². The molecule has 4 aromatic rings. The van der Waals surface area contributed by atoms with Crippen LogP contribution in [0.15, 0.2) is 75.1 Å². The van der Waals surface area contributed by atoms with Gasteiger partial charge in [-0.3, -0.25) is 20.4 Å². The molecule has 8 N–H and O–H groups in total. The minimum Gasteiger partial charge on any atom is -0.484 e. The lowest BCUT2D eigenvalue weighted by Crippen LogP contribution is -2.20. The molecule has 9 nitrogen and oxygen atoms in total. The Labute approximate surface area is 255 Å². The lowest BCUT2D eigenvalue weighted by molar-refractivity contribution is -0.118. The van der Waals surface area contributed by atoms with Crippen LogP contribution in [0.2, 0.25) is 0 Å². The third-order valence-electron chi connectivity index (χ3n) is 5.21. The summed E-state index contributed by atoms with van der Waals surface area (Å²) in [5.41, 5.74) is 14.0. The molecular formula is C28H30N6O3S4. The Kier molecular flexibility index (Phi) is 11.8. The van der Waals surface area contributed by atoms with E-state index in [1.807, 2.05) is 55.8 Å². The molecule has 214 valence electrons. The van der Waals surface area contributed by atoms with Gasteiger partial charge in [0.15, 0.2) is 6.61 Å². The third-order valence-corrected chi connectivity index (χ3v) is 9.82. The number of carbonyl (C=O) groups is 2. The Bertz CT molecular complexity index is 1530. The number of rotatable bonds is 10. The summed E-state index contributed by atoms with van der Waals surface area (Å²) in [7, 11) is 0. The van der Waals surface area contributed by atoms with Crippen LogP contribution >= 0.6 is 46.2 Å². The molecule has 0 radical (unpaired) electrons. The van der Waals surface area contributed by atoms with Crippen LogP contribution < -0.4 is 26.8 Å². The van der Waals surface area contributed by atoms with Crippen LogP contribution in [0.5, 0.6) is 5.75 Å². The van der Waals surface area contributed by atoms with Crippen LogP contribution in [0.3, 0.4) is 0 Å². The molecule has 4 rings (SSSR count). The van der Waals surface area contributed by atoms with E-state index in [4.69, 9.17) is 27.0 Å². The van der Waals surface area contributed by atoms with Crippen LogP contribution in [0.25, 0.3) is 0 Å². The van der Waals surface area contributed by atoms with Gasteiger partial charge in [-0.2, -0.15) is 0 Å². The second-order valence-electron chi connectivity index (χ2n) is 8.33. The van der Waals surface area contributed by atoms with Gasteiger partial charge in [0.1, 0.15) is 17.4 Å². The van der Waals surface area contributed by atoms with Crippen LogP contribution in [-0.4, -0.2) is 42.6 Å². The average Bonchev–Trinajstić information content (AvgIpc) is 3.57. The highest BCUT2D eigenvalue weighted by Gasteiger charge is 2.15. The topological polar surface area (TPSA) is 167 Å². The summed E-state index contributed by atoms with van der Waals surface area (Å²) in [6.45, 7) is 1.88. The van der Waals surface area contributed by atoms with E-state index in [2.05, 4.69) is 10.6 Å². The number of anilines is 2. The standard InChI is InChI=1S/C14H15N3O2S2.C14H15N3OS2/c1-20-14-10(7-11(21-14)13(15)16)17-12(18)8-19-9-5-3-2-4-6-9;1-8-4-3-5-9(6-8)13(18)17-10-7-11(12(15)16)20-14(10)19-2/h2-7H,8H2,1H3,(H3,15,16)(H,17,18);3-7H,1-2H3,(H3,15,16)(H,17,18). The number of aryl methyl sites for hydroxylation is 1. The zero-order valence-electron chi connectivity index (χ0n) is 22.6. The predicted molar refractivity (Wildman–Crippen MR) is 174 cm³/mol. The van der Waals surface area contributed by atoms with E-state index in [-0.39, 0.29) is 30.1 Å². The SMILES string of the molecule is CSc1sc(C(=N)N)cc1NC(=O)COc1ccccc1.CSc1sc(C(=N)N)cc1NC(=O)c1cccc(C)c1. The monoisotopic (exact) mass is 626 g/mol. The number of para-hydroxylation sites is 1. The maximum Gasteiger partial charge on any atom is 0.262 e. The zero-order valence-corrected chi connectivity index (χ0v) is 25.8. The minimum atomic E-state index is -0.248. The van der Waals surface area contributed by atoms with Crippen molar-refractivity contribution < 1.29 is 14.3 Å². The number of amidine groups is 2. The van der Waals surface area contributed by atoms with Gasteiger partial charge in [-0.25, -0.2) is 0 Å². The summed E-state index contributed by atoms with van der Waals surface area (Å²) >= 11 is 5.82. The number of ether oxygens (including phenoxy) is 1. The fraction of sp³-hybridized carbons (Fsp3) is 0.143. The van der Waals surface area contributed by atoms with Crippen molar-refractivity contribution in [3.8, 4) is 5.75 Å². The van der Waals surface area contributed by atoms with Crippen molar-refractivity contribution in [3.05, 3.63) is 87.6 Å². The molecule has 0 atom stereocenters. The molecule has 0 saturated heterocycles. The van der Waals surface area contributed by atoms with E-state index < -0.39 is 0 Å². The molecule has 0 unspecified atom stereocenters. The van der Waals surface area contributed by atoms with Gasteiger partial charge in [0, 0.05) is 5.56 Å². The summed E-state index contributed by atoms with van der Waals surface area (Å²) in [6, 6.07) is 20.0. The van der Waals surface area contributed by atoms with Crippen LogP contribution in [0.4, 0.5) is 11.4 Å². The molecule has 2 aromatic carbocycles. The van der Waals surface area contributed by atoms with Gasteiger partial charge in [-0.15, -0.1) is 46.2 Å². The number of carbonyl (C=O) groups excluding carboxylic acids is 2. The first-order valence-corrected chi connectivity index (χ1v) is 16.1. The maximum absolute atomic E-state index is 12.2. The van der Waals surface area contributed by atoms with Crippen molar-refractivity contribution in [1.29, 1.82) is 10.8 Å². The number of benzene rings is 2. The molecule has 41 heavy (non-hydrogen) atoms. The first-order valence-electron chi connectivity index (χ1n) is 12.0. The summed E-state index contributed by atoms with van der Waals surface area (Å²) in [6.07, 6.45) is 3.84. The predicted octanol–water partition coefficient (Wildman–Crippen LogP) is 6.09. The lowest BCUT2D eigenvalue weighted by Gasteiger charge is -2.07. The minimum absolute atomic E-state index is 0.00339. The Hall–Kier alpha value is -3.78. The fourth-order valence-electron chi connectivity index (χ4n) is 3.32. The van der Waals surface area contributed by atoms with Gasteiger partial charge in [0.25, 0.3) is 11.8 Å². The Morgan fingerprint density at radius 2 is 1.39 bits per heavy atom. The Balaban J connectivity index is 0.000000226. The van der Waals surface area contributed by atoms with Crippen LogP contribution in [0, 0.1) is 17.7 Å². The molecule has 0 fully saturated rings. The van der Waals surface area contributed by atoms with Crippen molar-refractivity contribution in [2.24, 2.45) is 11.5 Å². The van der Waals surface area contributed by atoms with E-state index in [0.717, 1.165) is 14.0 Å². The number of amides is 2. The highest BCUT2D eigenvalue weighted by atomic mass is 32.2. The van der Waals surface area contributed by atoms with Gasteiger partial charge >= 0.3 is 0 Å². The van der Waals surface area contributed by atoms with Crippen molar-refractivity contribution in [3.63, 3.8) is 0 Å². The molecule has 2 heterocycles. The van der Waals surface area contributed by atoms with E-state index in [0.29, 0.717) is 32.4 Å². The van der Waals surface area contributed by atoms with Crippen molar-refractivity contribution >= 4 is 81.1 Å². The fourth-order valence-corrected chi connectivity index (χ4v) is 6.60. The average molecular weight is 627 g/mol. The van der Waals surface area contributed by atoms with Gasteiger partial charge < -0.3 is 26.8 Å². The number of hydrogen-bond donors (Lipinski definition) is 6. The quantitative estimate of drug-likeness (QED) is 0.0704. The smallest absolute Gasteiger partial charge is 0.262 e. The summed E-state index contributed by atoms with van der Waals surface area (Å²) in [5, 5.41) is 20.6. The zero-order chi connectivity index (χ0) is 29.9. The molecule has 2 amide bonds. The van der Waals surface area contributed by atoms with Crippen LogP contribution in [0.1, 0.15) is 25.7 Å². The van der Waals surface area contributed by atoms with Crippen molar-refractivity contribution in [1.82, 2.24) is 0 Å². The second kappa shape index (κ2) is 15.3. The summed E-state index contributed by atoms with van der Waals surface area (Å²) < 4.78 is 7.24. The van der Waals surface area contributed by atoms with Crippen molar-refractivity contribution in [2.75, 3.05) is 29.8 Å². The first-order chi connectivity index (χ1) is 19.6. The summed E-state index contributed by atoms with van der Waals surface area (Å²) in [5.74, 6) is 0.254. The third kappa shape index (κ3) is 9.39. The lowest BCUT2D eigenvalue weighted by atomic mass is 10.1. The van der Waals surface area contributed by atoms with Crippen LogP contribution in [-0.2, 0) is 4.79 Å². The molecule has 0 spiro atoms. The van der Waals surface area contributed by atoms with Gasteiger partial charge in [0.05, 0.1) is 29.5 Å². The van der Waals surface area contributed by atoms with E-state index in [9.17, 15) is 9.59 Å². The Morgan fingerprint density at radius 3 is 1.90 bits per heavy atom. The molecule has 0 bridgehead atoms. The molecule has 0 saturated carbocycles. The molecule has 0 aliphatic rings. The Morgan fingerprint density at radius 1 is 0.829 bits per heavy atom. The van der Waals surface area contributed by atoms with Gasteiger partial charge in [-0.1, -0.05) is 35.9 Å². The number of thiophene rings is 2. The largest absolute Gasteiger partial charge is 0.484 e. The normalized spacial score (nSPS) is 10.2. The van der Waals surface area contributed by atoms with Gasteiger partial charge in [0.2, 0.25) is 0 Å². The molecule has 13 heteroatoms. The van der Waals surface area contributed by atoms with E-state index in [1.54, 1.807) is 30.3 Å². The number of nitrogens with one attached hydrogen (secondary N) is 4. The number of nitrogens with two attached hydrogens (primary N) is 2. The number of thioether (sulfide) groups is 2. The first kappa shape index (κ1) is 31.7. The van der Waals surface area contributed by atoms with Gasteiger partial charge in [-0.05, 0) is 55.8 Å².